The second kappa shape index (κ2) is 10.7. The number of rotatable bonds is 6. The summed E-state index contributed by atoms with van der Waals surface area (Å²) >= 11 is 0. The van der Waals surface area contributed by atoms with Gasteiger partial charge in [0.15, 0.2) is 0 Å². The first kappa shape index (κ1) is 24.3. The molecule has 2 N–H and O–H groups in total. The molecule has 0 spiro atoms. The van der Waals surface area contributed by atoms with Crippen molar-refractivity contribution < 1.29 is 14.7 Å². The summed E-state index contributed by atoms with van der Waals surface area (Å²) in [5.74, 6) is -2.04. The Morgan fingerprint density at radius 1 is 1.21 bits per heavy atom. The topological polar surface area (TPSA) is 96.7 Å². The van der Waals surface area contributed by atoms with Crippen LogP contribution in [-0.2, 0) is 9.59 Å². The van der Waals surface area contributed by atoms with Gasteiger partial charge in [-0.3, -0.25) is 4.79 Å². The van der Waals surface area contributed by atoms with Gasteiger partial charge in [-0.25, -0.2) is 4.79 Å². The highest BCUT2D eigenvalue weighted by atomic mass is 35.5. The third-order valence-corrected chi connectivity index (χ3v) is 5.13. The highest BCUT2D eigenvalue weighted by Gasteiger charge is 2.25. The summed E-state index contributed by atoms with van der Waals surface area (Å²) in [4.78, 5) is 27.8. The van der Waals surface area contributed by atoms with Gasteiger partial charge in [-0.15, -0.1) is 12.4 Å². The van der Waals surface area contributed by atoms with E-state index in [1.807, 2.05) is 11.0 Å². The Morgan fingerprint density at radius 2 is 1.83 bits per heavy atom. The van der Waals surface area contributed by atoms with Gasteiger partial charge < -0.3 is 20.2 Å². The lowest BCUT2D eigenvalue weighted by Crippen LogP contribution is -2.46. The van der Waals surface area contributed by atoms with Gasteiger partial charge >= 0.3 is 5.97 Å². The van der Waals surface area contributed by atoms with Crippen LogP contribution in [0.15, 0.2) is 30.0 Å². The van der Waals surface area contributed by atoms with Crippen molar-refractivity contribution in [3.63, 3.8) is 0 Å². The molecule has 7 nitrogen and oxygen atoms in total. The number of benzene rings is 1. The number of piperazine rings is 1. The van der Waals surface area contributed by atoms with Crippen LogP contribution >= 0.6 is 12.4 Å². The van der Waals surface area contributed by atoms with Crippen molar-refractivity contribution in [2.75, 3.05) is 31.1 Å². The summed E-state index contributed by atoms with van der Waals surface area (Å²) in [6, 6.07) is 7.13. The van der Waals surface area contributed by atoms with E-state index >= 15 is 0 Å². The molecule has 0 aromatic heterocycles. The lowest BCUT2D eigenvalue weighted by molar-refractivity contribution is -0.142. The first-order chi connectivity index (χ1) is 13.2. The molecule has 1 saturated heterocycles. The van der Waals surface area contributed by atoms with Crippen molar-refractivity contribution in [3.05, 3.63) is 41.1 Å². The van der Waals surface area contributed by atoms with Crippen molar-refractivity contribution in [3.8, 4) is 6.07 Å². The van der Waals surface area contributed by atoms with Gasteiger partial charge in [0.25, 0.3) is 5.91 Å². The molecule has 8 heteroatoms. The third-order valence-electron chi connectivity index (χ3n) is 5.13. The zero-order valence-electron chi connectivity index (χ0n) is 17.3. The predicted octanol–water partition coefficient (Wildman–Crippen LogP) is 2.48. The van der Waals surface area contributed by atoms with Crippen molar-refractivity contribution in [2.24, 2.45) is 5.92 Å². The van der Waals surface area contributed by atoms with Crippen LogP contribution in [0.5, 0.6) is 0 Å². The van der Waals surface area contributed by atoms with Gasteiger partial charge in [0.2, 0.25) is 0 Å². The Morgan fingerprint density at radius 3 is 2.34 bits per heavy atom. The average Bonchev–Trinajstić information content (AvgIpc) is 2.66. The minimum Gasteiger partial charge on any atom is -0.480 e. The summed E-state index contributed by atoms with van der Waals surface area (Å²) in [5, 5.41) is 21.0. The summed E-state index contributed by atoms with van der Waals surface area (Å²) < 4.78 is 0. The number of amides is 1. The first-order valence-corrected chi connectivity index (χ1v) is 9.45. The Bertz CT molecular complexity index is 809. The zero-order chi connectivity index (χ0) is 20.8. The molecule has 0 saturated carbocycles. The van der Waals surface area contributed by atoms with Crippen LogP contribution in [0.25, 0.3) is 0 Å². The number of nitriles is 1. The standard InChI is InChI=1S/C21H28N4O3.ClH/c1-14(2)19(21(27)28)23-20(26)17(12-22)13-24-8-10-25(11-9-24)18-7-5-6-15(3)16(18)4;/h5-7,13-14,19H,8-11H2,1-4H3,(H,23,26)(H,27,28);1H/b17-13-;. The molecule has 29 heavy (non-hydrogen) atoms. The predicted molar refractivity (Wildman–Crippen MR) is 115 cm³/mol. The summed E-state index contributed by atoms with van der Waals surface area (Å²) in [6.45, 7) is 10.6. The highest BCUT2D eigenvalue weighted by molar-refractivity contribution is 5.99. The number of carbonyl (C=O) groups excluding carboxylic acids is 1. The number of nitrogens with zero attached hydrogens (tertiary/aromatic N) is 3. The molecule has 1 atom stereocenters. The van der Waals surface area contributed by atoms with E-state index in [0.29, 0.717) is 13.1 Å². The van der Waals surface area contributed by atoms with Crippen LogP contribution in [-0.4, -0.2) is 54.1 Å². The molecule has 1 aromatic carbocycles. The van der Waals surface area contributed by atoms with Crippen molar-refractivity contribution in [1.29, 1.82) is 5.26 Å². The van der Waals surface area contributed by atoms with E-state index in [1.165, 1.54) is 23.0 Å². The van der Waals surface area contributed by atoms with E-state index in [-0.39, 0.29) is 23.9 Å². The molecule has 1 aliphatic rings. The Balaban J connectivity index is 0.00000420. The van der Waals surface area contributed by atoms with Gasteiger partial charge in [-0.05, 0) is 37.0 Å². The van der Waals surface area contributed by atoms with Crippen LogP contribution in [0.2, 0.25) is 0 Å². The molecule has 158 valence electrons. The highest BCUT2D eigenvalue weighted by Crippen LogP contribution is 2.24. The minimum absolute atomic E-state index is 0. The molecule has 0 bridgehead atoms. The number of carboxylic acid groups (broad SMARTS) is 1. The average molecular weight is 421 g/mol. The molecule has 1 fully saturated rings. The first-order valence-electron chi connectivity index (χ1n) is 9.45. The molecule has 1 heterocycles. The summed E-state index contributed by atoms with van der Waals surface area (Å²) in [6.07, 6.45) is 1.54. The van der Waals surface area contributed by atoms with Crippen molar-refractivity contribution in [2.45, 2.75) is 33.7 Å². The van der Waals surface area contributed by atoms with Crippen LogP contribution < -0.4 is 10.2 Å². The second-order valence-electron chi connectivity index (χ2n) is 7.43. The number of hydrogen-bond acceptors (Lipinski definition) is 5. The van der Waals surface area contributed by atoms with Crippen molar-refractivity contribution >= 4 is 30.0 Å². The molecule has 2 rings (SSSR count). The summed E-state index contributed by atoms with van der Waals surface area (Å²) in [7, 11) is 0. The Hall–Kier alpha value is -2.72. The fourth-order valence-electron chi connectivity index (χ4n) is 3.22. The van der Waals surface area contributed by atoms with Gasteiger partial charge in [0.05, 0.1) is 0 Å². The maximum atomic E-state index is 12.3. The Labute approximate surface area is 178 Å². The number of halogens is 1. The van der Waals surface area contributed by atoms with Gasteiger partial charge in [-0.2, -0.15) is 5.26 Å². The van der Waals surface area contributed by atoms with Gasteiger partial charge in [0, 0.05) is 38.1 Å². The van der Waals surface area contributed by atoms with Crippen LogP contribution in [0.1, 0.15) is 25.0 Å². The number of hydrogen-bond donors (Lipinski definition) is 2. The normalized spacial score (nSPS) is 15.4. The number of carbonyl (C=O) groups is 2. The third kappa shape index (κ3) is 6.13. The lowest BCUT2D eigenvalue weighted by Gasteiger charge is -2.36. The smallest absolute Gasteiger partial charge is 0.326 e. The molecule has 1 unspecified atom stereocenters. The molecule has 0 aliphatic carbocycles. The number of aliphatic carboxylic acids is 1. The van der Waals surface area contributed by atoms with Gasteiger partial charge in [0.1, 0.15) is 17.7 Å². The minimum atomic E-state index is -1.11. The lowest BCUT2D eigenvalue weighted by atomic mass is 10.0. The maximum absolute atomic E-state index is 12.3. The molecule has 1 aliphatic heterocycles. The van der Waals surface area contributed by atoms with Gasteiger partial charge in [-0.1, -0.05) is 26.0 Å². The molecule has 0 radical (unpaired) electrons. The number of nitrogens with one attached hydrogen (secondary N) is 1. The molecule has 1 aromatic rings. The maximum Gasteiger partial charge on any atom is 0.326 e. The SMILES string of the molecule is Cc1cccc(N2CCN(/C=C(/C#N)C(=O)NC(C(=O)O)C(C)C)CC2)c1C.Cl. The van der Waals surface area contributed by atoms with E-state index in [2.05, 4.69) is 42.3 Å². The molecular weight excluding hydrogens is 392 g/mol. The number of carboxylic acids is 1. The van der Waals surface area contributed by atoms with Crippen LogP contribution in [0.4, 0.5) is 5.69 Å². The quantitative estimate of drug-likeness (QED) is 0.542. The van der Waals surface area contributed by atoms with E-state index in [0.717, 1.165) is 13.1 Å². The van der Waals surface area contributed by atoms with Crippen LogP contribution in [0.3, 0.4) is 0 Å². The zero-order valence-corrected chi connectivity index (χ0v) is 18.1. The summed E-state index contributed by atoms with van der Waals surface area (Å²) in [5.41, 5.74) is 3.65. The number of anilines is 1. The largest absolute Gasteiger partial charge is 0.480 e. The van der Waals surface area contributed by atoms with E-state index in [4.69, 9.17) is 0 Å². The monoisotopic (exact) mass is 420 g/mol. The number of aryl methyl sites for hydroxylation is 1. The van der Waals surface area contributed by atoms with Crippen molar-refractivity contribution in [1.82, 2.24) is 10.2 Å². The fraction of sp³-hybridized carbons (Fsp3) is 0.476. The Kier molecular flexibility index (Phi) is 8.99. The fourth-order valence-corrected chi connectivity index (χ4v) is 3.22. The van der Waals surface area contributed by atoms with E-state index < -0.39 is 17.9 Å². The van der Waals surface area contributed by atoms with Crippen LogP contribution in [0, 0.1) is 31.1 Å². The van der Waals surface area contributed by atoms with E-state index in [1.54, 1.807) is 13.8 Å². The van der Waals surface area contributed by atoms with E-state index in [9.17, 15) is 20.0 Å². The second-order valence-corrected chi connectivity index (χ2v) is 7.43. The molecule has 1 amide bonds. The molecular formula is C21H29ClN4O3.